The molecule has 1 heterocycles. The summed E-state index contributed by atoms with van der Waals surface area (Å²) < 4.78 is 0.782. The van der Waals surface area contributed by atoms with Gasteiger partial charge in [0.1, 0.15) is 10.4 Å². The lowest BCUT2D eigenvalue weighted by Crippen LogP contribution is -2.31. The van der Waals surface area contributed by atoms with Crippen molar-refractivity contribution in [3.05, 3.63) is 22.8 Å². The number of carbonyl (C=O) groups excluding carboxylic acids is 1. The molecule has 1 aromatic heterocycles. The molecule has 0 saturated heterocycles. The number of aromatic nitrogens is 1. The van der Waals surface area contributed by atoms with Crippen LogP contribution in [0, 0.1) is 0 Å². The van der Waals surface area contributed by atoms with Gasteiger partial charge in [-0.05, 0) is 41.9 Å². The van der Waals surface area contributed by atoms with E-state index in [2.05, 4.69) is 31.5 Å². The van der Waals surface area contributed by atoms with Gasteiger partial charge in [0.25, 0.3) is 0 Å². The Morgan fingerprint density at radius 2 is 2.25 bits per heavy atom. The summed E-state index contributed by atoms with van der Waals surface area (Å²) in [6.45, 7) is 4.48. The normalized spacial score (nSPS) is 10.2. The van der Waals surface area contributed by atoms with Crippen LogP contribution in [0.3, 0.4) is 0 Å². The zero-order chi connectivity index (χ0) is 12.0. The van der Waals surface area contributed by atoms with E-state index in [9.17, 15) is 4.79 Å². The van der Waals surface area contributed by atoms with Gasteiger partial charge in [0.05, 0.1) is 0 Å². The molecule has 0 radical (unpaired) electrons. The average molecular weight is 286 g/mol. The molecular weight excluding hydrogens is 270 g/mol. The summed E-state index contributed by atoms with van der Waals surface area (Å²) in [7, 11) is 0. The van der Waals surface area contributed by atoms with E-state index in [1.807, 2.05) is 32.0 Å². The summed E-state index contributed by atoms with van der Waals surface area (Å²) in [5.74, 6) is 0.823. The number of hydrogen-bond acceptors (Lipinski definition) is 3. The third-order valence-electron chi connectivity index (χ3n) is 1.82. The van der Waals surface area contributed by atoms with E-state index in [-0.39, 0.29) is 11.9 Å². The maximum atomic E-state index is 11.3. The van der Waals surface area contributed by atoms with E-state index in [0.29, 0.717) is 13.0 Å². The maximum absolute atomic E-state index is 11.3. The van der Waals surface area contributed by atoms with Crippen LogP contribution in [0.5, 0.6) is 0 Å². The van der Waals surface area contributed by atoms with Crippen LogP contribution in [0.2, 0.25) is 0 Å². The predicted molar refractivity (Wildman–Crippen MR) is 68.3 cm³/mol. The van der Waals surface area contributed by atoms with Crippen molar-refractivity contribution in [3.8, 4) is 0 Å². The van der Waals surface area contributed by atoms with Crippen LogP contribution in [0.15, 0.2) is 22.8 Å². The maximum Gasteiger partial charge on any atom is 0.221 e. The Labute approximate surface area is 104 Å². The monoisotopic (exact) mass is 285 g/mol. The molecule has 5 heteroatoms. The lowest BCUT2D eigenvalue weighted by Gasteiger charge is -2.09. The van der Waals surface area contributed by atoms with Crippen LogP contribution < -0.4 is 10.6 Å². The molecule has 1 rings (SSSR count). The second kappa shape index (κ2) is 6.48. The summed E-state index contributed by atoms with van der Waals surface area (Å²) in [5.41, 5.74) is 0. The fourth-order valence-electron chi connectivity index (χ4n) is 1.20. The molecule has 0 atom stereocenters. The molecule has 0 saturated carbocycles. The molecule has 0 aromatic carbocycles. The molecule has 0 bridgehead atoms. The van der Waals surface area contributed by atoms with Gasteiger partial charge in [0, 0.05) is 19.0 Å². The van der Waals surface area contributed by atoms with Crippen LogP contribution in [0.1, 0.15) is 20.3 Å². The first-order valence-corrected chi connectivity index (χ1v) is 6.03. The van der Waals surface area contributed by atoms with Gasteiger partial charge in [0.2, 0.25) is 5.91 Å². The van der Waals surface area contributed by atoms with Gasteiger partial charge in [0.15, 0.2) is 0 Å². The van der Waals surface area contributed by atoms with Gasteiger partial charge in [-0.1, -0.05) is 6.07 Å². The average Bonchev–Trinajstić information content (AvgIpc) is 2.16. The summed E-state index contributed by atoms with van der Waals surface area (Å²) >= 11 is 3.29. The Morgan fingerprint density at radius 3 is 2.88 bits per heavy atom. The molecule has 0 spiro atoms. The highest BCUT2D eigenvalue weighted by Crippen LogP contribution is 2.09. The van der Waals surface area contributed by atoms with Gasteiger partial charge in [-0.2, -0.15) is 0 Å². The Hall–Kier alpha value is -1.10. The molecule has 0 aliphatic rings. The van der Waals surface area contributed by atoms with Crippen LogP contribution in [0.4, 0.5) is 5.82 Å². The quantitative estimate of drug-likeness (QED) is 0.816. The highest BCUT2D eigenvalue weighted by molar-refractivity contribution is 9.10. The first-order chi connectivity index (χ1) is 7.58. The summed E-state index contributed by atoms with van der Waals surface area (Å²) in [6, 6.07) is 5.81. The van der Waals surface area contributed by atoms with E-state index in [0.717, 1.165) is 10.4 Å². The molecule has 16 heavy (non-hydrogen) atoms. The van der Waals surface area contributed by atoms with E-state index in [1.54, 1.807) is 0 Å². The largest absolute Gasteiger partial charge is 0.370 e. The number of rotatable bonds is 5. The molecule has 0 fully saturated rings. The number of nitrogens with zero attached hydrogens (tertiary/aromatic N) is 1. The molecule has 1 aromatic rings. The SMILES string of the molecule is CC(C)NC(=O)CCNc1cccc(Br)n1. The summed E-state index contributed by atoms with van der Waals surface area (Å²) in [6.07, 6.45) is 0.451. The standard InChI is InChI=1S/C11H16BrN3O/c1-8(2)14-11(16)6-7-13-10-5-3-4-9(12)15-10/h3-5,8H,6-7H2,1-2H3,(H,13,15)(H,14,16). The minimum absolute atomic E-state index is 0.0532. The van der Waals surface area contributed by atoms with Crippen LogP contribution >= 0.6 is 15.9 Å². The highest BCUT2D eigenvalue weighted by Gasteiger charge is 2.02. The van der Waals surface area contributed by atoms with Crippen molar-refractivity contribution in [2.24, 2.45) is 0 Å². The van der Waals surface area contributed by atoms with Gasteiger partial charge in [-0.3, -0.25) is 4.79 Å². The van der Waals surface area contributed by atoms with Crippen molar-refractivity contribution in [1.29, 1.82) is 0 Å². The first kappa shape index (κ1) is 13.0. The minimum Gasteiger partial charge on any atom is -0.370 e. The third kappa shape index (κ3) is 5.11. The van der Waals surface area contributed by atoms with Gasteiger partial charge in [-0.15, -0.1) is 0 Å². The Balaban J connectivity index is 2.28. The van der Waals surface area contributed by atoms with Gasteiger partial charge < -0.3 is 10.6 Å². The summed E-state index contributed by atoms with van der Waals surface area (Å²) in [5, 5.41) is 5.92. The lowest BCUT2D eigenvalue weighted by atomic mass is 10.3. The zero-order valence-corrected chi connectivity index (χ0v) is 11.0. The van der Waals surface area contributed by atoms with Crippen molar-refractivity contribution >= 4 is 27.7 Å². The third-order valence-corrected chi connectivity index (χ3v) is 2.26. The van der Waals surface area contributed by atoms with Crippen molar-refractivity contribution in [3.63, 3.8) is 0 Å². The van der Waals surface area contributed by atoms with E-state index in [1.165, 1.54) is 0 Å². The van der Waals surface area contributed by atoms with Crippen molar-refractivity contribution < 1.29 is 4.79 Å². The zero-order valence-electron chi connectivity index (χ0n) is 9.46. The topological polar surface area (TPSA) is 54.0 Å². The Morgan fingerprint density at radius 1 is 1.50 bits per heavy atom. The Bertz CT molecular complexity index is 355. The van der Waals surface area contributed by atoms with Gasteiger partial charge in [-0.25, -0.2) is 4.98 Å². The van der Waals surface area contributed by atoms with Crippen LogP contribution in [-0.4, -0.2) is 23.5 Å². The number of amides is 1. The van der Waals surface area contributed by atoms with Crippen LogP contribution in [-0.2, 0) is 4.79 Å². The first-order valence-electron chi connectivity index (χ1n) is 5.23. The number of nitrogens with one attached hydrogen (secondary N) is 2. The van der Waals surface area contributed by atoms with E-state index < -0.39 is 0 Å². The smallest absolute Gasteiger partial charge is 0.221 e. The minimum atomic E-state index is 0.0532. The predicted octanol–water partition coefficient (Wildman–Crippen LogP) is 2.17. The Kier molecular flexibility index (Phi) is 5.25. The molecule has 2 N–H and O–H groups in total. The van der Waals surface area contributed by atoms with Crippen molar-refractivity contribution in [2.75, 3.05) is 11.9 Å². The molecule has 0 unspecified atom stereocenters. The number of hydrogen-bond donors (Lipinski definition) is 2. The van der Waals surface area contributed by atoms with E-state index >= 15 is 0 Å². The molecule has 0 aliphatic heterocycles. The number of carbonyl (C=O) groups is 1. The highest BCUT2D eigenvalue weighted by atomic mass is 79.9. The molecule has 88 valence electrons. The number of anilines is 1. The van der Waals surface area contributed by atoms with E-state index in [4.69, 9.17) is 0 Å². The fraction of sp³-hybridized carbons (Fsp3) is 0.455. The molecule has 1 amide bonds. The molecular formula is C11H16BrN3O. The van der Waals surface area contributed by atoms with Crippen molar-refractivity contribution in [1.82, 2.24) is 10.3 Å². The summed E-state index contributed by atoms with van der Waals surface area (Å²) in [4.78, 5) is 15.5. The second-order valence-electron chi connectivity index (χ2n) is 3.74. The molecule has 0 aliphatic carbocycles. The second-order valence-corrected chi connectivity index (χ2v) is 4.56. The van der Waals surface area contributed by atoms with Crippen LogP contribution in [0.25, 0.3) is 0 Å². The lowest BCUT2D eigenvalue weighted by molar-refractivity contribution is -0.121. The fourth-order valence-corrected chi connectivity index (χ4v) is 1.55. The number of pyridine rings is 1. The van der Waals surface area contributed by atoms with Crippen molar-refractivity contribution in [2.45, 2.75) is 26.3 Å². The molecule has 4 nitrogen and oxygen atoms in total. The van der Waals surface area contributed by atoms with Gasteiger partial charge >= 0.3 is 0 Å². The number of halogens is 1.